The molecule has 1 saturated carbocycles. The molecule has 10 heteroatoms. The summed E-state index contributed by atoms with van der Waals surface area (Å²) in [5.74, 6) is 1.18. The summed E-state index contributed by atoms with van der Waals surface area (Å²) in [7, 11) is 1.89. The zero-order chi connectivity index (χ0) is 79.5. The van der Waals surface area contributed by atoms with Crippen LogP contribution in [0.2, 0.25) is 20.1 Å². The minimum atomic E-state index is -2.50. The van der Waals surface area contributed by atoms with E-state index < -0.39 is 44.4 Å². The molecule has 3 saturated heterocycles. The number of halogens is 4. The highest BCUT2D eigenvalue weighted by Crippen LogP contribution is 2.53. The van der Waals surface area contributed by atoms with Crippen molar-refractivity contribution in [3.63, 3.8) is 0 Å². The summed E-state index contributed by atoms with van der Waals surface area (Å²) in [6.07, 6.45) is 5.46. The minimum Gasteiger partial charge on any atom is -0.388 e. The molecule has 8 aromatic carbocycles. The topological polar surface area (TPSA) is 36.4 Å². The highest BCUT2D eigenvalue weighted by molar-refractivity contribution is 6.31. The van der Waals surface area contributed by atoms with Gasteiger partial charge in [-0.3, -0.25) is 24.5 Å². The molecule has 16 rings (SSSR count). The van der Waals surface area contributed by atoms with Gasteiger partial charge in [0.2, 0.25) is 0 Å². The number of fused-ring (bicyclic) bond motifs is 4. The number of benzene rings is 8. The summed E-state index contributed by atoms with van der Waals surface area (Å²) in [4.78, 5) is 9.74. The molecule has 3 aliphatic heterocycles. The van der Waals surface area contributed by atoms with Gasteiger partial charge in [-0.2, -0.15) is 0 Å². The summed E-state index contributed by atoms with van der Waals surface area (Å²) >= 11 is 25.0. The van der Waals surface area contributed by atoms with Crippen molar-refractivity contribution in [2.24, 2.45) is 10.8 Å². The Bertz CT molecular complexity index is 4410. The van der Waals surface area contributed by atoms with E-state index in [1.807, 2.05) is 105 Å². The van der Waals surface area contributed by atoms with Crippen molar-refractivity contribution in [2.75, 3.05) is 66.3 Å². The highest BCUT2D eigenvalue weighted by Gasteiger charge is 2.44. The molecular weight excluding hydrogens is 1300 g/mol. The molecule has 8 aliphatic rings. The van der Waals surface area contributed by atoms with Crippen LogP contribution in [0, 0.1) is 10.8 Å². The summed E-state index contributed by atoms with van der Waals surface area (Å²) in [5.41, 5.74) is 14.0. The number of piperazine rings is 2. The summed E-state index contributed by atoms with van der Waals surface area (Å²) in [6, 6.07) is 66.6. The molecule has 8 aromatic rings. The molecule has 0 aromatic heterocycles. The molecule has 3 heterocycles. The summed E-state index contributed by atoms with van der Waals surface area (Å²) < 4.78 is 89.9. The third-order valence-electron chi connectivity index (χ3n) is 22.1. The number of piperidine rings is 1. The Labute approximate surface area is 630 Å². The van der Waals surface area contributed by atoms with Gasteiger partial charge in [0.1, 0.15) is 0 Å². The van der Waals surface area contributed by atoms with E-state index >= 15 is 0 Å². The maximum Gasteiger partial charge on any atom is 0.0802 e. The van der Waals surface area contributed by atoms with Crippen molar-refractivity contribution < 1.29 is 20.2 Å². The van der Waals surface area contributed by atoms with Crippen LogP contribution in [0.4, 0.5) is 0 Å². The van der Waals surface area contributed by atoms with Crippen LogP contribution in [0.1, 0.15) is 256 Å². The number of likely N-dealkylation sites (N-methyl/N-ethyl adjacent to an activating group) is 2. The van der Waals surface area contributed by atoms with Gasteiger partial charge in [0.25, 0.3) is 0 Å². The minimum absolute atomic E-state index is 0.0167. The van der Waals surface area contributed by atoms with Gasteiger partial charge in [0, 0.05) is 134 Å². The molecule has 4 fully saturated rings. The number of hydrogen-bond acceptors (Lipinski definition) is 6. The second kappa shape index (κ2) is 31.7. The molecule has 0 spiro atoms. The van der Waals surface area contributed by atoms with Gasteiger partial charge in [-0.1, -0.05) is 239 Å². The van der Waals surface area contributed by atoms with Gasteiger partial charge in [-0.05, 0) is 226 Å². The summed E-state index contributed by atoms with van der Waals surface area (Å²) in [6.45, 7) is 13.9. The first-order chi connectivity index (χ1) is 51.5. The van der Waals surface area contributed by atoms with Gasteiger partial charge in [-0.15, -0.1) is 0 Å². The normalized spacial score (nSPS) is 29.7. The zero-order valence-corrected chi connectivity index (χ0v) is 62.4. The standard InChI is InChI=1S/2C22H27ClN2.C22H26ClN.C15H13ClO.C8H16/c2*1-22(2)15-25(12-11-24(22)3)21-14-19(16-7-5-4-6-8-16)18-10-9-17(23)13-20(18)21;1-22(2)11-6-12-24(15-22)21-14-19(16-7-4-3-5-8-16)18-10-9-17(23)13-20(18)21;16-11-6-7-12-13(9-15(17)14(12)8-11)10-4-2-1-3-5-10;1-8(2)6-4-3-5-7-8/h2*4-10,13,19,21H,11-12,14-15H2,1-3H3;3-5,7-10,13,19,21H,6,11-12,14-15H2,1-2H3;1-8,13,15,17H,9H2;3-7H2,1-2H3/t3*19-,21+;13-,15-;/m0000./s1/i3D3,11D2;11D2;6D2;;4D2. The lowest BCUT2D eigenvalue weighted by Crippen LogP contribution is -2.58. The van der Waals surface area contributed by atoms with Crippen LogP contribution < -0.4 is 0 Å². The fraction of sp³-hybridized carbons (Fsp3) is 0.461. The number of likely N-dealkylation sites (tertiary alicyclic amines) is 1. The molecule has 524 valence electrons. The molecule has 6 nitrogen and oxygen atoms in total. The number of aliphatic hydroxyl groups excluding tert-OH is 1. The Kier molecular flexibility index (Phi) is 19.3. The second-order valence-corrected chi connectivity index (χ2v) is 33.3. The van der Waals surface area contributed by atoms with Gasteiger partial charge >= 0.3 is 0 Å². The molecule has 8 atom stereocenters. The Balaban J connectivity index is 0.000000132. The maximum absolute atomic E-state index is 10.1. The molecular formula is C89H109Cl4N5O. The van der Waals surface area contributed by atoms with Crippen LogP contribution in [0.5, 0.6) is 0 Å². The van der Waals surface area contributed by atoms with Crippen LogP contribution in [0.3, 0.4) is 0 Å². The zero-order valence-electron chi connectivity index (χ0n) is 70.4. The third-order valence-corrected chi connectivity index (χ3v) is 23.0. The lowest BCUT2D eigenvalue weighted by atomic mass is 9.78. The van der Waals surface area contributed by atoms with Crippen molar-refractivity contribution >= 4 is 46.4 Å². The molecule has 1 N–H and O–H groups in total. The maximum atomic E-state index is 10.1. The lowest BCUT2D eigenvalue weighted by Gasteiger charge is -2.47. The van der Waals surface area contributed by atoms with Crippen LogP contribution in [0.15, 0.2) is 194 Å². The van der Waals surface area contributed by atoms with Crippen LogP contribution in [-0.2, 0) is 0 Å². The molecule has 99 heavy (non-hydrogen) atoms. The van der Waals surface area contributed by atoms with E-state index in [9.17, 15) is 5.11 Å². The first-order valence-electron chi connectivity index (χ1n) is 41.3. The fourth-order valence-electron chi connectivity index (χ4n) is 16.7. The highest BCUT2D eigenvalue weighted by atomic mass is 35.5. The van der Waals surface area contributed by atoms with E-state index in [0.29, 0.717) is 53.9 Å². The fourth-order valence-corrected chi connectivity index (χ4v) is 17.4. The Hall–Kier alpha value is -5.32. The van der Waals surface area contributed by atoms with Gasteiger partial charge < -0.3 is 5.11 Å². The van der Waals surface area contributed by atoms with E-state index in [-0.39, 0.29) is 47.0 Å². The van der Waals surface area contributed by atoms with Gasteiger partial charge in [0.15, 0.2) is 0 Å². The Morgan fingerprint density at radius 2 is 0.717 bits per heavy atom. The largest absolute Gasteiger partial charge is 0.388 e. The Morgan fingerprint density at radius 1 is 0.374 bits per heavy atom. The van der Waals surface area contributed by atoms with E-state index in [1.54, 1.807) is 0 Å². The molecule has 5 aliphatic carbocycles. The quantitative estimate of drug-likeness (QED) is 0.171. The lowest BCUT2D eigenvalue weighted by molar-refractivity contribution is 0.0158. The number of nitrogens with zero attached hydrogens (tertiary/aromatic N) is 5. The molecule has 0 bridgehead atoms. The Morgan fingerprint density at radius 3 is 1.06 bits per heavy atom. The molecule has 0 amide bonds. The van der Waals surface area contributed by atoms with Crippen LogP contribution >= 0.6 is 46.4 Å². The van der Waals surface area contributed by atoms with Crippen LogP contribution in [-0.4, -0.2) is 107 Å². The van der Waals surface area contributed by atoms with Crippen molar-refractivity contribution in [2.45, 2.75) is 185 Å². The summed E-state index contributed by atoms with van der Waals surface area (Å²) in [5, 5.41) is 13.0. The predicted molar refractivity (Wildman–Crippen MR) is 419 cm³/mol. The van der Waals surface area contributed by atoms with E-state index in [1.165, 1.54) is 62.1 Å². The number of hydrogen-bond donors (Lipinski definition) is 1. The van der Waals surface area contributed by atoms with Crippen molar-refractivity contribution in [1.29, 1.82) is 0 Å². The van der Waals surface area contributed by atoms with E-state index in [2.05, 4.69) is 172 Å². The first kappa shape index (κ1) is 60.1. The first-order valence-corrected chi connectivity index (χ1v) is 37.3. The molecule has 0 radical (unpaired) electrons. The average Bonchev–Trinajstić information content (AvgIpc) is 1.34. The monoisotopic (exact) mass is 1410 g/mol. The van der Waals surface area contributed by atoms with Gasteiger partial charge in [-0.25, -0.2) is 0 Å². The number of aliphatic hydroxyl groups is 1. The van der Waals surface area contributed by atoms with E-state index in [0.717, 1.165) is 84.1 Å². The third kappa shape index (κ3) is 17.5. The van der Waals surface area contributed by atoms with Gasteiger partial charge in [0.05, 0.1) is 6.10 Å². The van der Waals surface area contributed by atoms with Crippen LogP contribution in [0.25, 0.3) is 0 Å². The van der Waals surface area contributed by atoms with Crippen molar-refractivity contribution in [1.82, 2.24) is 24.5 Å². The average molecular weight is 1420 g/mol. The molecule has 0 unspecified atom stereocenters. The van der Waals surface area contributed by atoms with Crippen molar-refractivity contribution in [3.8, 4) is 0 Å². The van der Waals surface area contributed by atoms with Crippen molar-refractivity contribution in [3.05, 3.63) is 281 Å². The predicted octanol–water partition coefficient (Wildman–Crippen LogP) is 22.8. The second-order valence-electron chi connectivity index (χ2n) is 31.5. The smallest absolute Gasteiger partial charge is 0.0802 e. The SMILES string of the molecule is O[C@H]1C[C@@H](c2ccccc2)c2ccc(Cl)cc21.[2H]C([2H])([2H])N1C([2H])([2H])CN([C@@H]2C[C@@H](c3ccccc3)c3ccc(Cl)cc32)CC1(C)C.[2H]C1([2H])CCCC(C)(C)C1.[2H]C1([2H])CN([C@@H]2C[C@@H](c3ccccc3)c3ccc(Cl)cc32)CC(C)(C)C1.[2H]C1([2H])CN([C@@H]2C[C@@H](c3ccccc3)c3ccc(Cl)cc32)CC(C)(C)N1C. The number of rotatable bonds is 7. The van der Waals surface area contributed by atoms with E-state index in [4.69, 9.17) is 61.5 Å².